The maximum atomic E-state index is 11.4. The molecule has 12 heavy (non-hydrogen) atoms. The summed E-state index contributed by atoms with van der Waals surface area (Å²) < 4.78 is 0. The first-order valence-electron chi connectivity index (χ1n) is 4.50. The molecule has 1 atom stereocenters. The number of amides is 1. The highest BCUT2D eigenvalue weighted by Crippen LogP contribution is 2.28. The van der Waals surface area contributed by atoms with Crippen LogP contribution in [0.2, 0.25) is 0 Å². The van der Waals surface area contributed by atoms with Crippen LogP contribution < -0.4 is 0 Å². The van der Waals surface area contributed by atoms with Gasteiger partial charge in [-0.1, -0.05) is 13.3 Å². The van der Waals surface area contributed by atoms with Crippen molar-refractivity contribution in [3.8, 4) is 0 Å². The van der Waals surface area contributed by atoms with E-state index in [4.69, 9.17) is 0 Å². The SMILES string of the molecule is CCCC1(C)N(C)CC(=O)N1C. The van der Waals surface area contributed by atoms with Crippen molar-refractivity contribution in [2.75, 3.05) is 20.6 Å². The summed E-state index contributed by atoms with van der Waals surface area (Å²) in [5, 5.41) is 0. The third-order valence-corrected chi connectivity index (χ3v) is 3.02. The lowest BCUT2D eigenvalue weighted by atomic mass is 10.1. The second-order valence-corrected chi connectivity index (χ2v) is 3.78. The van der Waals surface area contributed by atoms with Crippen LogP contribution in [0.4, 0.5) is 0 Å². The average molecular weight is 170 g/mol. The topological polar surface area (TPSA) is 23.6 Å². The fourth-order valence-electron chi connectivity index (χ4n) is 1.84. The van der Waals surface area contributed by atoms with Gasteiger partial charge < -0.3 is 4.90 Å². The van der Waals surface area contributed by atoms with E-state index < -0.39 is 0 Å². The molecule has 1 heterocycles. The Labute approximate surface area is 74.3 Å². The standard InChI is InChI=1S/C9H18N2O/c1-5-6-9(2)10(3)7-8(12)11(9)4/h5-7H2,1-4H3. The van der Waals surface area contributed by atoms with Crippen LogP contribution in [0.3, 0.4) is 0 Å². The smallest absolute Gasteiger partial charge is 0.238 e. The minimum Gasteiger partial charge on any atom is -0.326 e. The zero-order chi connectivity index (χ0) is 9.35. The first-order valence-corrected chi connectivity index (χ1v) is 4.50. The van der Waals surface area contributed by atoms with Crippen LogP contribution in [0.25, 0.3) is 0 Å². The molecule has 0 aromatic rings. The Kier molecular flexibility index (Phi) is 2.42. The lowest BCUT2D eigenvalue weighted by molar-refractivity contribution is -0.128. The molecule has 0 saturated carbocycles. The van der Waals surface area contributed by atoms with Crippen molar-refractivity contribution < 1.29 is 4.79 Å². The van der Waals surface area contributed by atoms with Gasteiger partial charge in [0.1, 0.15) is 0 Å². The van der Waals surface area contributed by atoms with Crippen LogP contribution in [-0.4, -0.2) is 42.0 Å². The van der Waals surface area contributed by atoms with E-state index in [1.165, 1.54) is 0 Å². The first kappa shape index (κ1) is 9.52. The molecule has 1 aliphatic heterocycles. The van der Waals surface area contributed by atoms with Crippen LogP contribution in [0.5, 0.6) is 0 Å². The zero-order valence-corrected chi connectivity index (χ0v) is 8.42. The van der Waals surface area contributed by atoms with Gasteiger partial charge in [0.15, 0.2) is 0 Å². The molecule has 3 nitrogen and oxygen atoms in total. The number of carbonyl (C=O) groups excluding carboxylic acids is 1. The summed E-state index contributed by atoms with van der Waals surface area (Å²) in [5.74, 6) is 0.230. The van der Waals surface area contributed by atoms with Gasteiger partial charge in [0, 0.05) is 7.05 Å². The average Bonchev–Trinajstić information content (AvgIpc) is 2.17. The molecule has 1 saturated heterocycles. The normalized spacial score (nSPS) is 31.7. The summed E-state index contributed by atoms with van der Waals surface area (Å²) in [6.07, 6.45) is 2.16. The number of carbonyl (C=O) groups is 1. The Balaban J connectivity index is 2.80. The lowest BCUT2D eigenvalue weighted by Gasteiger charge is -2.37. The number of rotatable bonds is 2. The molecule has 0 aromatic heterocycles. The van der Waals surface area contributed by atoms with Gasteiger partial charge in [0.25, 0.3) is 0 Å². The molecule has 70 valence electrons. The maximum absolute atomic E-state index is 11.4. The van der Waals surface area contributed by atoms with Crippen molar-refractivity contribution in [3.63, 3.8) is 0 Å². The Morgan fingerprint density at radius 2 is 2.08 bits per heavy atom. The van der Waals surface area contributed by atoms with E-state index in [-0.39, 0.29) is 11.6 Å². The quantitative estimate of drug-likeness (QED) is 0.615. The highest BCUT2D eigenvalue weighted by molar-refractivity contribution is 5.81. The molecule has 0 aliphatic carbocycles. The molecule has 1 rings (SSSR count). The van der Waals surface area contributed by atoms with E-state index in [2.05, 4.69) is 18.7 Å². The summed E-state index contributed by atoms with van der Waals surface area (Å²) in [4.78, 5) is 15.3. The van der Waals surface area contributed by atoms with E-state index in [0.29, 0.717) is 6.54 Å². The number of hydrogen-bond donors (Lipinski definition) is 0. The minimum absolute atomic E-state index is 0.0498. The molecule has 1 amide bonds. The molecule has 1 unspecified atom stereocenters. The van der Waals surface area contributed by atoms with Crippen LogP contribution in [0.15, 0.2) is 0 Å². The third-order valence-electron chi connectivity index (χ3n) is 3.02. The Morgan fingerprint density at radius 1 is 1.50 bits per heavy atom. The molecule has 0 radical (unpaired) electrons. The second-order valence-electron chi connectivity index (χ2n) is 3.78. The Bertz CT molecular complexity index is 193. The molecule has 0 N–H and O–H groups in total. The third kappa shape index (κ3) is 1.22. The number of nitrogens with zero attached hydrogens (tertiary/aromatic N) is 2. The van der Waals surface area contributed by atoms with Gasteiger partial charge in [-0.15, -0.1) is 0 Å². The summed E-state index contributed by atoms with van der Waals surface area (Å²) >= 11 is 0. The van der Waals surface area contributed by atoms with Crippen molar-refractivity contribution in [1.29, 1.82) is 0 Å². The van der Waals surface area contributed by atoms with Crippen LogP contribution in [0.1, 0.15) is 26.7 Å². The van der Waals surface area contributed by atoms with Crippen LogP contribution in [-0.2, 0) is 4.79 Å². The molecule has 1 fully saturated rings. The van der Waals surface area contributed by atoms with Crippen LogP contribution in [0, 0.1) is 0 Å². The molecule has 3 heteroatoms. The van der Waals surface area contributed by atoms with Gasteiger partial charge in [-0.2, -0.15) is 0 Å². The Hall–Kier alpha value is -0.570. The highest BCUT2D eigenvalue weighted by atomic mass is 16.2. The highest BCUT2D eigenvalue weighted by Gasteiger charge is 2.42. The molecular formula is C9H18N2O. The zero-order valence-electron chi connectivity index (χ0n) is 8.42. The summed E-state index contributed by atoms with van der Waals surface area (Å²) in [6, 6.07) is 0. The van der Waals surface area contributed by atoms with E-state index in [1.54, 1.807) is 0 Å². The van der Waals surface area contributed by atoms with Crippen molar-refractivity contribution in [2.24, 2.45) is 0 Å². The van der Waals surface area contributed by atoms with Gasteiger partial charge in [-0.25, -0.2) is 0 Å². The summed E-state index contributed by atoms with van der Waals surface area (Å²) in [7, 11) is 3.90. The fraction of sp³-hybridized carbons (Fsp3) is 0.889. The van der Waals surface area contributed by atoms with E-state index >= 15 is 0 Å². The van der Waals surface area contributed by atoms with E-state index in [1.807, 2.05) is 19.0 Å². The number of hydrogen-bond acceptors (Lipinski definition) is 2. The van der Waals surface area contributed by atoms with Crippen molar-refractivity contribution in [2.45, 2.75) is 32.4 Å². The van der Waals surface area contributed by atoms with Crippen molar-refractivity contribution >= 4 is 5.91 Å². The van der Waals surface area contributed by atoms with Crippen LogP contribution >= 0.6 is 0 Å². The maximum Gasteiger partial charge on any atom is 0.238 e. The number of likely N-dealkylation sites (N-methyl/N-ethyl adjacent to an activating group) is 2. The first-order chi connectivity index (χ1) is 5.52. The largest absolute Gasteiger partial charge is 0.326 e. The van der Waals surface area contributed by atoms with Gasteiger partial charge in [0.05, 0.1) is 12.2 Å². The van der Waals surface area contributed by atoms with Gasteiger partial charge in [-0.3, -0.25) is 9.69 Å². The molecule has 0 aromatic carbocycles. The minimum atomic E-state index is -0.0498. The molecule has 0 spiro atoms. The molecule has 1 aliphatic rings. The Morgan fingerprint density at radius 3 is 2.42 bits per heavy atom. The summed E-state index contributed by atoms with van der Waals surface area (Å²) in [6.45, 7) is 4.84. The van der Waals surface area contributed by atoms with Gasteiger partial charge in [0.2, 0.25) is 5.91 Å². The van der Waals surface area contributed by atoms with Gasteiger partial charge >= 0.3 is 0 Å². The predicted molar refractivity (Wildman–Crippen MR) is 48.7 cm³/mol. The van der Waals surface area contributed by atoms with Crippen molar-refractivity contribution in [1.82, 2.24) is 9.80 Å². The molecule has 0 bridgehead atoms. The fourth-order valence-corrected chi connectivity index (χ4v) is 1.84. The monoisotopic (exact) mass is 170 g/mol. The molecular weight excluding hydrogens is 152 g/mol. The second kappa shape index (κ2) is 3.05. The van der Waals surface area contributed by atoms with Crippen molar-refractivity contribution in [3.05, 3.63) is 0 Å². The summed E-state index contributed by atoms with van der Waals surface area (Å²) in [5.41, 5.74) is -0.0498. The van der Waals surface area contributed by atoms with E-state index in [0.717, 1.165) is 12.8 Å². The lowest BCUT2D eigenvalue weighted by Crippen LogP contribution is -2.48. The predicted octanol–water partition coefficient (Wildman–Crippen LogP) is 0.907. The van der Waals surface area contributed by atoms with E-state index in [9.17, 15) is 4.79 Å². The van der Waals surface area contributed by atoms with Gasteiger partial charge in [-0.05, 0) is 20.4 Å².